The number of carbonyl (C=O) groups excluding carboxylic acids is 1. The smallest absolute Gasteiger partial charge is 0.303 e. The highest BCUT2D eigenvalue weighted by molar-refractivity contribution is 7.89. The molecule has 0 radical (unpaired) electrons. The lowest BCUT2D eigenvalue weighted by molar-refractivity contribution is -0.137. The van der Waals surface area contributed by atoms with Crippen molar-refractivity contribution in [3.05, 3.63) is 23.8 Å². The van der Waals surface area contributed by atoms with Crippen LogP contribution in [0.25, 0.3) is 0 Å². The quantitative estimate of drug-likeness (QED) is 0.536. The van der Waals surface area contributed by atoms with Gasteiger partial charge in [-0.25, -0.2) is 13.6 Å². The van der Waals surface area contributed by atoms with Gasteiger partial charge < -0.3 is 15.2 Å². The largest absolute Gasteiger partial charge is 0.496 e. The summed E-state index contributed by atoms with van der Waals surface area (Å²) in [5.41, 5.74) is 0.0925. The molecule has 1 aromatic rings. The fraction of sp³-hybridized carbons (Fsp3) is 0.467. The van der Waals surface area contributed by atoms with E-state index in [1.807, 2.05) is 0 Å². The predicted molar refractivity (Wildman–Crippen MR) is 87.4 cm³/mol. The second-order valence-corrected chi connectivity index (χ2v) is 6.78. The molecular weight excluding hydrogens is 336 g/mol. The van der Waals surface area contributed by atoms with Gasteiger partial charge in [-0.1, -0.05) is 12.8 Å². The zero-order valence-corrected chi connectivity index (χ0v) is 14.3. The summed E-state index contributed by atoms with van der Waals surface area (Å²) in [6.45, 7) is 0.397. The van der Waals surface area contributed by atoms with Crippen LogP contribution in [0.4, 0.5) is 0 Å². The molecule has 0 saturated carbocycles. The van der Waals surface area contributed by atoms with E-state index in [0.717, 1.165) is 12.8 Å². The van der Waals surface area contributed by atoms with Crippen LogP contribution in [0.2, 0.25) is 0 Å². The van der Waals surface area contributed by atoms with E-state index in [2.05, 4.69) is 5.32 Å². The number of primary sulfonamides is 1. The van der Waals surface area contributed by atoms with Gasteiger partial charge in [-0.15, -0.1) is 0 Å². The number of carboxylic acids is 1. The molecule has 0 spiro atoms. The van der Waals surface area contributed by atoms with Crippen LogP contribution in [0.3, 0.4) is 0 Å². The fourth-order valence-electron chi connectivity index (χ4n) is 2.09. The number of unbranched alkanes of at least 4 members (excludes halogenated alkanes) is 3. The molecule has 0 heterocycles. The molecular formula is C15H22N2O6S. The van der Waals surface area contributed by atoms with E-state index < -0.39 is 21.9 Å². The molecule has 0 aliphatic heterocycles. The second-order valence-electron chi connectivity index (χ2n) is 5.22. The average Bonchev–Trinajstić information content (AvgIpc) is 2.51. The van der Waals surface area contributed by atoms with Crippen molar-refractivity contribution in [3.8, 4) is 5.75 Å². The first-order valence-corrected chi connectivity index (χ1v) is 9.01. The molecule has 0 unspecified atom stereocenters. The summed E-state index contributed by atoms with van der Waals surface area (Å²) in [5, 5.41) is 16.3. The van der Waals surface area contributed by atoms with E-state index in [-0.39, 0.29) is 22.6 Å². The van der Waals surface area contributed by atoms with Crippen LogP contribution in [0.1, 0.15) is 42.5 Å². The van der Waals surface area contributed by atoms with Crippen molar-refractivity contribution in [2.24, 2.45) is 5.14 Å². The lowest BCUT2D eigenvalue weighted by Crippen LogP contribution is -2.25. The van der Waals surface area contributed by atoms with Gasteiger partial charge in [-0.05, 0) is 31.0 Å². The summed E-state index contributed by atoms with van der Waals surface area (Å²) in [7, 11) is -2.53. The lowest BCUT2D eigenvalue weighted by atomic mass is 10.1. The number of hydrogen-bond donors (Lipinski definition) is 3. The number of rotatable bonds is 10. The van der Waals surface area contributed by atoms with Crippen LogP contribution in [0.15, 0.2) is 23.1 Å². The van der Waals surface area contributed by atoms with Crippen molar-refractivity contribution in [2.45, 2.75) is 37.0 Å². The van der Waals surface area contributed by atoms with Gasteiger partial charge in [-0.3, -0.25) is 9.59 Å². The first kappa shape index (κ1) is 19.9. The fourth-order valence-corrected chi connectivity index (χ4v) is 2.63. The van der Waals surface area contributed by atoms with Crippen LogP contribution < -0.4 is 15.2 Å². The number of ether oxygens (including phenoxy) is 1. The number of benzene rings is 1. The minimum absolute atomic E-state index is 0.0925. The number of hydrogen-bond acceptors (Lipinski definition) is 5. The van der Waals surface area contributed by atoms with Crippen molar-refractivity contribution >= 4 is 21.9 Å². The van der Waals surface area contributed by atoms with Gasteiger partial charge in [0.05, 0.1) is 17.6 Å². The third-order valence-corrected chi connectivity index (χ3v) is 4.26. The Morgan fingerprint density at radius 1 is 1.21 bits per heavy atom. The molecule has 1 rings (SSSR count). The van der Waals surface area contributed by atoms with E-state index in [4.69, 9.17) is 15.0 Å². The van der Waals surface area contributed by atoms with Gasteiger partial charge in [0.2, 0.25) is 10.0 Å². The molecule has 134 valence electrons. The molecule has 1 aromatic carbocycles. The Hall–Kier alpha value is -2.13. The van der Waals surface area contributed by atoms with Gasteiger partial charge in [0.1, 0.15) is 5.75 Å². The maximum Gasteiger partial charge on any atom is 0.303 e. The first-order valence-electron chi connectivity index (χ1n) is 7.46. The van der Waals surface area contributed by atoms with Crippen molar-refractivity contribution in [3.63, 3.8) is 0 Å². The van der Waals surface area contributed by atoms with Gasteiger partial charge in [0.25, 0.3) is 5.91 Å². The van der Waals surface area contributed by atoms with Crippen molar-refractivity contribution < 1.29 is 27.9 Å². The highest BCUT2D eigenvalue weighted by atomic mass is 32.2. The van der Waals surface area contributed by atoms with Crippen molar-refractivity contribution in [1.82, 2.24) is 5.32 Å². The number of amides is 1. The second kappa shape index (κ2) is 9.24. The SMILES string of the molecule is COc1ccc(S(N)(=O)=O)cc1C(=O)NCCCCCCC(=O)O. The molecule has 0 atom stereocenters. The monoisotopic (exact) mass is 358 g/mol. The Balaban J connectivity index is 2.56. The van der Waals surface area contributed by atoms with E-state index in [0.29, 0.717) is 19.4 Å². The topological polar surface area (TPSA) is 136 Å². The van der Waals surface area contributed by atoms with Crippen LogP contribution in [-0.4, -0.2) is 39.1 Å². The normalized spacial score (nSPS) is 11.1. The Kier molecular flexibility index (Phi) is 7.66. The third-order valence-electron chi connectivity index (χ3n) is 3.35. The summed E-state index contributed by atoms with van der Waals surface area (Å²) in [4.78, 5) is 22.4. The Labute approximate surface area is 141 Å². The van der Waals surface area contributed by atoms with Crippen molar-refractivity contribution in [1.29, 1.82) is 0 Å². The zero-order valence-electron chi connectivity index (χ0n) is 13.4. The molecule has 0 saturated heterocycles. The molecule has 1 amide bonds. The molecule has 24 heavy (non-hydrogen) atoms. The van der Waals surface area contributed by atoms with E-state index in [1.165, 1.54) is 25.3 Å². The number of methoxy groups -OCH3 is 1. The minimum Gasteiger partial charge on any atom is -0.496 e. The summed E-state index contributed by atoms with van der Waals surface area (Å²) in [6.07, 6.45) is 3.01. The highest BCUT2D eigenvalue weighted by Crippen LogP contribution is 2.21. The number of sulfonamides is 1. The molecule has 0 aliphatic rings. The Bertz CT molecular complexity index is 687. The van der Waals surface area contributed by atoms with Crippen LogP contribution in [-0.2, 0) is 14.8 Å². The minimum atomic E-state index is -3.91. The standard InChI is InChI=1S/C15H22N2O6S/c1-23-13-8-7-11(24(16,21)22)10-12(13)15(20)17-9-5-3-2-4-6-14(18)19/h7-8,10H,2-6,9H2,1H3,(H,17,20)(H,18,19)(H2,16,21,22). The number of nitrogens with one attached hydrogen (secondary N) is 1. The average molecular weight is 358 g/mol. The molecule has 9 heteroatoms. The molecule has 4 N–H and O–H groups in total. The maximum atomic E-state index is 12.2. The molecule has 0 aliphatic carbocycles. The third kappa shape index (κ3) is 6.55. The maximum absolute atomic E-state index is 12.2. The first-order chi connectivity index (χ1) is 11.3. The summed E-state index contributed by atoms with van der Waals surface area (Å²) in [6, 6.07) is 3.82. The summed E-state index contributed by atoms with van der Waals surface area (Å²) >= 11 is 0. The van der Waals surface area contributed by atoms with E-state index in [9.17, 15) is 18.0 Å². The van der Waals surface area contributed by atoms with Crippen LogP contribution >= 0.6 is 0 Å². The molecule has 0 aromatic heterocycles. The highest BCUT2D eigenvalue weighted by Gasteiger charge is 2.16. The molecule has 8 nitrogen and oxygen atoms in total. The van der Waals surface area contributed by atoms with E-state index >= 15 is 0 Å². The number of nitrogens with two attached hydrogens (primary N) is 1. The predicted octanol–water partition coefficient (Wildman–Crippen LogP) is 1.11. The Morgan fingerprint density at radius 3 is 2.46 bits per heavy atom. The zero-order chi connectivity index (χ0) is 18.2. The summed E-state index contributed by atoms with van der Waals surface area (Å²) in [5.74, 6) is -1.02. The molecule has 0 fully saturated rings. The van der Waals surface area contributed by atoms with Crippen molar-refractivity contribution in [2.75, 3.05) is 13.7 Å². The number of carbonyl (C=O) groups is 2. The van der Waals surface area contributed by atoms with Gasteiger partial charge in [-0.2, -0.15) is 0 Å². The summed E-state index contributed by atoms with van der Waals surface area (Å²) < 4.78 is 27.8. The lowest BCUT2D eigenvalue weighted by Gasteiger charge is -2.10. The number of aliphatic carboxylic acids is 1. The van der Waals surface area contributed by atoms with Gasteiger partial charge >= 0.3 is 5.97 Å². The van der Waals surface area contributed by atoms with Gasteiger partial charge in [0.15, 0.2) is 0 Å². The Morgan fingerprint density at radius 2 is 1.88 bits per heavy atom. The van der Waals surface area contributed by atoms with Crippen LogP contribution in [0, 0.1) is 0 Å². The number of carboxylic acid groups (broad SMARTS) is 1. The van der Waals surface area contributed by atoms with E-state index in [1.54, 1.807) is 0 Å². The van der Waals surface area contributed by atoms with Gasteiger partial charge in [0, 0.05) is 13.0 Å². The molecule has 0 bridgehead atoms. The van der Waals surface area contributed by atoms with Crippen LogP contribution in [0.5, 0.6) is 5.75 Å².